The van der Waals surface area contributed by atoms with Crippen molar-refractivity contribution in [3.8, 4) is 0 Å². The number of piperidine rings is 1. The van der Waals surface area contributed by atoms with Crippen molar-refractivity contribution in [3.05, 3.63) is 18.0 Å². The number of carbonyl (C=O) groups is 1. The van der Waals surface area contributed by atoms with E-state index in [9.17, 15) is 13.2 Å². The molecule has 1 fully saturated rings. The minimum absolute atomic E-state index is 0.203. The summed E-state index contributed by atoms with van der Waals surface area (Å²) in [5, 5.41) is 0. The van der Waals surface area contributed by atoms with E-state index in [2.05, 4.69) is 14.7 Å². The zero-order valence-electron chi connectivity index (χ0n) is 12.7. The molecule has 1 atom stereocenters. The lowest BCUT2D eigenvalue weighted by molar-refractivity contribution is -0.133. The van der Waals surface area contributed by atoms with E-state index in [-0.39, 0.29) is 17.8 Å². The number of anilines is 1. The molecule has 1 saturated heterocycles. The van der Waals surface area contributed by atoms with Crippen LogP contribution in [0.15, 0.2) is 12.3 Å². The van der Waals surface area contributed by atoms with Gasteiger partial charge in [-0.2, -0.15) is 0 Å². The number of nitrogens with zero attached hydrogens (tertiary/aromatic N) is 3. The molecule has 1 unspecified atom stereocenters. The number of nitrogens with two attached hydrogens (primary N) is 1. The Balaban J connectivity index is 1.93. The summed E-state index contributed by atoms with van der Waals surface area (Å²) in [6.07, 6.45) is 4.22. The van der Waals surface area contributed by atoms with Gasteiger partial charge in [-0.05, 0) is 25.8 Å². The first-order valence-electron chi connectivity index (χ1n) is 7.11. The van der Waals surface area contributed by atoms with Gasteiger partial charge in [0.2, 0.25) is 21.9 Å². The molecule has 1 aliphatic heterocycles. The van der Waals surface area contributed by atoms with Crippen LogP contribution in [0.5, 0.6) is 0 Å². The Hall–Kier alpha value is -1.74. The van der Waals surface area contributed by atoms with Crippen LogP contribution in [0.25, 0.3) is 0 Å². The molecule has 0 aromatic carbocycles. The average Bonchev–Trinajstić information content (AvgIpc) is 2.45. The molecule has 2 heterocycles. The van der Waals surface area contributed by atoms with Gasteiger partial charge in [-0.15, -0.1) is 0 Å². The molecule has 122 valence electrons. The van der Waals surface area contributed by atoms with Crippen LogP contribution in [0.2, 0.25) is 0 Å². The van der Waals surface area contributed by atoms with Crippen LogP contribution in [-0.2, 0) is 14.8 Å². The number of nitrogens with one attached hydrogen (secondary N) is 1. The summed E-state index contributed by atoms with van der Waals surface area (Å²) in [5.74, 6) is 0.292. The van der Waals surface area contributed by atoms with Crippen LogP contribution in [0.4, 0.5) is 5.95 Å². The monoisotopic (exact) mass is 327 g/mol. The Kier molecular flexibility index (Phi) is 4.97. The zero-order valence-corrected chi connectivity index (χ0v) is 13.5. The smallest absolute Gasteiger partial charge is 0.240 e. The first kappa shape index (κ1) is 16.6. The third kappa shape index (κ3) is 4.38. The lowest BCUT2D eigenvalue weighted by Gasteiger charge is -2.33. The Morgan fingerprint density at radius 3 is 2.64 bits per heavy atom. The Morgan fingerprint density at radius 1 is 1.45 bits per heavy atom. The molecule has 1 aliphatic rings. The second kappa shape index (κ2) is 6.57. The van der Waals surface area contributed by atoms with Crippen LogP contribution in [0.3, 0.4) is 0 Å². The Morgan fingerprint density at radius 2 is 2.09 bits per heavy atom. The highest BCUT2D eigenvalue weighted by atomic mass is 32.2. The molecular weight excluding hydrogens is 306 g/mol. The maximum absolute atomic E-state index is 12.2. The van der Waals surface area contributed by atoms with Crippen molar-refractivity contribution >= 4 is 21.9 Å². The van der Waals surface area contributed by atoms with E-state index in [1.807, 2.05) is 6.07 Å². The molecule has 2 rings (SSSR count). The molecule has 1 aromatic rings. The third-order valence-corrected chi connectivity index (χ3v) is 4.46. The minimum Gasteiger partial charge on any atom is -0.368 e. The van der Waals surface area contributed by atoms with Gasteiger partial charge in [0.1, 0.15) is 0 Å². The number of hydrogen-bond acceptors (Lipinski definition) is 6. The summed E-state index contributed by atoms with van der Waals surface area (Å²) in [5.41, 5.74) is 6.48. The predicted molar refractivity (Wildman–Crippen MR) is 82.4 cm³/mol. The highest BCUT2D eigenvalue weighted by Crippen LogP contribution is 2.26. The van der Waals surface area contributed by atoms with E-state index in [1.165, 1.54) is 0 Å². The standard InChI is InChI=1S/C13H21N5O3S/c1-9(17-22(2,20)21)12(19)18-7-4-10(5-8-18)11-3-6-15-13(14)16-11/h3,6,9-10,17H,4-5,7-8H2,1-2H3,(H2,14,15,16). The van der Waals surface area contributed by atoms with E-state index in [0.717, 1.165) is 24.8 Å². The first-order chi connectivity index (χ1) is 10.3. The summed E-state index contributed by atoms with van der Waals surface area (Å²) in [6.45, 7) is 2.70. The summed E-state index contributed by atoms with van der Waals surface area (Å²) in [7, 11) is -3.39. The van der Waals surface area contributed by atoms with Gasteiger partial charge in [0.25, 0.3) is 0 Å². The van der Waals surface area contributed by atoms with Crippen molar-refractivity contribution in [1.82, 2.24) is 19.6 Å². The molecule has 0 spiro atoms. The number of nitrogen functional groups attached to an aromatic ring is 1. The van der Waals surface area contributed by atoms with Gasteiger partial charge in [-0.3, -0.25) is 4.79 Å². The third-order valence-electron chi connectivity index (χ3n) is 3.68. The van der Waals surface area contributed by atoms with Crippen molar-refractivity contribution in [2.24, 2.45) is 0 Å². The maximum atomic E-state index is 12.2. The van der Waals surface area contributed by atoms with Gasteiger partial charge in [-0.25, -0.2) is 23.1 Å². The fourth-order valence-electron chi connectivity index (χ4n) is 2.66. The van der Waals surface area contributed by atoms with Crippen LogP contribution in [0.1, 0.15) is 31.4 Å². The van der Waals surface area contributed by atoms with Crippen LogP contribution >= 0.6 is 0 Å². The van der Waals surface area contributed by atoms with E-state index in [0.29, 0.717) is 13.1 Å². The van der Waals surface area contributed by atoms with Gasteiger partial charge in [0.05, 0.1) is 12.3 Å². The van der Waals surface area contributed by atoms with Crippen molar-refractivity contribution in [1.29, 1.82) is 0 Å². The lowest BCUT2D eigenvalue weighted by Crippen LogP contribution is -2.48. The number of carbonyl (C=O) groups excluding carboxylic acids is 1. The van der Waals surface area contributed by atoms with Gasteiger partial charge in [0, 0.05) is 30.9 Å². The highest BCUT2D eigenvalue weighted by molar-refractivity contribution is 7.88. The van der Waals surface area contributed by atoms with E-state index >= 15 is 0 Å². The maximum Gasteiger partial charge on any atom is 0.240 e. The largest absolute Gasteiger partial charge is 0.368 e. The van der Waals surface area contributed by atoms with Gasteiger partial charge in [-0.1, -0.05) is 0 Å². The highest BCUT2D eigenvalue weighted by Gasteiger charge is 2.28. The predicted octanol–water partition coefficient (Wildman–Crippen LogP) is -0.297. The number of rotatable bonds is 4. The summed E-state index contributed by atoms with van der Waals surface area (Å²) >= 11 is 0. The lowest BCUT2D eigenvalue weighted by atomic mass is 9.93. The van der Waals surface area contributed by atoms with E-state index in [4.69, 9.17) is 5.73 Å². The molecule has 8 nitrogen and oxygen atoms in total. The Labute approximate surface area is 130 Å². The van der Waals surface area contributed by atoms with Crippen molar-refractivity contribution in [3.63, 3.8) is 0 Å². The number of hydrogen-bond donors (Lipinski definition) is 2. The molecule has 0 aliphatic carbocycles. The molecule has 1 amide bonds. The van der Waals surface area contributed by atoms with Crippen molar-refractivity contribution in [2.75, 3.05) is 25.1 Å². The number of aromatic nitrogens is 2. The first-order valence-corrected chi connectivity index (χ1v) is 9.00. The molecule has 0 saturated carbocycles. The normalized spacial score (nSPS) is 18.2. The molecule has 1 aromatic heterocycles. The van der Waals surface area contributed by atoms with Gasteiger partial charge in [0.15, 0.2) is 0 Å². The average molecular weight is 327 g/mol. The quantitative estimate of drug-likeness (QED) is 0.784. The summed E-state index contributed by atoms with van der Waals surface area (Å²) in [6, 6.07) is 1.09. The Bertz CT molecular complexity index is 641. The summed E-state index contributed by atoms with van der Waals surface area (Å²) < 4.78 is 24.7. The van der Waals surface area contributed by atoms with Crippen LogP contribution < -0.4 is 10.5 Å². The van der Waals surface area contributed by atoms with Crippen molar-refractivity contribution < 1.29 is 13.2 Å². The molecular formula is C13H21N5O3S. The number of sulfonamides is 1. The second-order valence-electron chi connectivity index (χ2n) is 5.55. The molecule has 9 heteroatoms. The second-order valence-corrected chi connectivity index (χ2v) is 7.33. The van der Waals surface area contributed by atoms with E-state index < -0.39 is 16.1 Å². The number of amides is 1. The number of likely N-dealkylation sites (tertiary alicyclic amines) is 1. The van der Waals surface area contributed by atoms with Crippen molar-refractivity contribution in [2.45, 2.75) is 31.7 Å². The molecule has 0 bridgehead atoms. The SMILES string of the molecule is CC(NS(C)(=O)=O)C(=O)N1CCC(c2ccnc(N)n2)CC1. The van der Waals surface area contributed by atoms with Crippen LogP contribution in [-0.4, -0.2) is 54.6 Å². The molecule has 3 N–H and O–H groups in total. The van der Waals surface area contributed by atoms with Gasteiger partial charge < -0.3 is 10.6 Å². The fourth-order valence-corrected chi connectivity index (χ4v) is 3.40. The minimum atomic E-state index is -3.39. The summed E-state index contributed by atoms with van der Waals surface area (Å²) in [4.78, 5) is 22.0. The van der Waals surface area contributed by atoms with Crippen LogP contribution in [0, 0.1) is 0 Å². The topological polar surface area (TPSA) is 118 Å². The zero-order chi connectivity index (χ0) is 16.3. The fraction of sp³-hybridized carbons (Fsp3) is 0.615. The molecule has 22 heavy (non-hydrogen) atoms. The van der Waals surface area contributed by atoms with E-state index in [1.54, 1.807) is 18.0 Å². The van der Waals surface area contributed by atoms with Gasteiger partial charge >= 0.3 is 0 Å². The molecule has 0 radical (unpaired) electrons.